The Bertz CT molecular complexity index is 658. The molecule has 1 aliphatic carbocycles. The van der Waals surface area contributed by atoms with Gasteiger partial charge in [0.05, 0.1) is 0 Å². The first kappa shape index (κ1) is 10.1. The van der Waals surface area contributed by atoms with Crippen molar-refractivity contribution in [3.8, 4) is 0 Å². The van der Waals surface area contributed by atoms with Crippen molar-refractivity contribution in [2.45, 2.75) is 6.04 Å². The van der Waals surface area contributed by atoms with Gasteiger partial charge in [-0.25, -0.2) is 0 Å². The Kier molecular flexibility index (Phi) is 2.03. The Balaban J connectivity index is 2.34. The van der Waals surface area contributed by atoms with Crippen LogP contribution in [0.2, 0.25) is 0 Å². The third-order valence-electron chi connectivity index (χ3n) is 3.15. The molecule has 3 nitrogen and oxygen atoms in total. The zero-order valence-electron chi connectivity index (χ0n) is 9.18. The number of nitrogens with two attached hydrogens (primary N) is 2. The largest absolute Gasteiger partial charge is 0.400 e. The standard InChI is InChI=1S/C14H12N2O/c15-12-7-10-5-8-3-1-2-4-9(8)6-11(10)14(17)13(12)16/h1-7,13H,15-16H2. The number of carbonyl (C=O) groups is 1. The van der Waals surface area contributed by atoms with Crippen molar-refractivity contribution in [3.63, 3.8) is 0 Å². The Morgan fingerprint density at radius 1 is 1.06 bits per heavy atom. The molecule has 1 unspecified atom stereocenters. The molecule has 2 aromatic rings. The van der Waals surface area contributed by atoms with E-state index < -0.39 is 6.04 Å². The summed E-state index contributed by atoms with van der Waals surface area (Å²) in [5.74, 6) is -0.106. The molecule has 4 N–H and O–H groups in total. The van der Waals surface area contributed by atoms with Gasteiger partial charge in [-0.15, -0.1) is 0 Å². The fourth-order valence-corrected chi connectivity index (χ4v) is 2.18. The predicted octanol–water partition coefficient (Wildman–Crippen LogP) is 1.66. The minimum Gasteiger partial charge on any atom is -0.400 e. The SMILES string of the molecule is NC1=Cc2cc3ccccc3cc2C(=O)C1N. The van der Waals surface area contributed by atoms with E-state index in [0.717, 1.165) is 16.3 Å². The highest BCUT2D eigenvalue weighted by molar-refractivity contribution is 6.10. The van der Waals surface area contributed by atoms with E-state index in [1.807, 2.05) is 36.4 Å². The zero-order valence-corrected chi connectivity index (χ0v) is 9.18. The second kappa shape index (κ2) is 3.43. The quantitative estimate of drug-likeness (QED) is 0.715. The van der Waals surface area contributed by atoms with Crippen molar-refractivity contribution in [3.05, 3.63) is 53.2 Å². The van der Waals surface area contributed by atoms with Crippen LogP contribution in [0.3, 0.4) is 0 Å². The van der Waals surface area contributed by atoms with E-state index >= 15 is 0 Å². The lowest BCUT2D eigenvalue weighted by Gasteiger charge is -2.19. The summed E-state index contributed by atoms with van der Waals surface area (Å²) in [7, 11) is 0. The van der Waals surface area contributed by atoms with Gasteiger partial charge in [0.1, 0.15) is 6.04 Å². The molecule has 0 saturated heterocycles. The molecule has 0 radical (unpaired) electrons. The van der Waals surface area contributed by atoms with E-state index in [9.17, 15) is 4.79 Å². The third-order valence-corrected chi connectivity index (χ3v) is 3.15. The molecular formula is C14H12N2O. The van der Waals surface area contributed by atoms with Crippen LogP contribution >= 0.6 is 0 Å². The minimum atomic E-state index is -0.705. The number of hydrogen-bond acceptors (Lipinski definition) is 3. The summed E-state index contributed by atoms with van der Waals surface area (Å²) in [6, 6.07) is 11.1. The van der Waals surface area contributed by atoms with Crippen LogP contribution in [0.5, 0.6) is 0 Å². The molecule has 0 spiro atoms. The van der Waals surface area contributed by atoms with Gasteiger partial charge in [0.15, 0.2) is 5.78 Å². The van der Waals surface area contributed by atoms with Gasteiger partial charge in [-0.3, -0.25) is 4.79 Å². The molecule has 0 heterocycles. The van der Waals surface area contributed by atoms with Crippen LogP contribution < -0.4 is 11.5 Å². The van der Waals surface area contributed by atoms with Crippen molar-refractivity contribution in [2.75, 3.05) is 0 Å². The van der Waals surface area contributed by atoms with Crippen LogP contribution in [0.25, 0.3) is 16.8 Å². The monoisotopic (exact) mass is 224 g/mol. The van der Waals surface area contributed by atoms with Crippen LogP contribution in [0.4, 0.5) is 0 Å². The first-order chi connectivity index (χ1) is 8.16. The van der Waals surface area contributed by atoms with Crippen molar-refractivity contribution >= 4 is 22.6 Å². The fourth-order valence-electron chi connectivity index (χ4n) is 2.18. The van der Waals surface area contributed by atoms with E-state index in [0.29, 0.717) is 11.3 Å². The highest BCUT2D eigenvalue weighted by Crippen LogP contribution is 2.26. The Morgan fingerprint density at radius 2 is 1.71 bits per heavy atom. The first-order valence-corrected chi connectivity index (χ1v) is 5.46. The smallest absolute Gasteiger partial charge is 0.186 e. The topological polar surface area (TPSA) is 69.1 Å². The van der Waals surface area contributed by atoms with Gasteiger partial charge in [0.25, 0.3) is 0 Å². The van der Waals surface area contributed by atoms with E-state index in [4.69, 9.17) is 11.5 Å². The highest BCUT2D eigenvalue weighted by Gasteiger charge is 2.25. The van der Waals surface area contributed by atoms with Gasteiger partial charge >= 0.3 is 0 Å². The molecule has 0 amide bonds. The van der Waals surface area contributed by atoms with Gasteiger partial charge < -0.3 is 11.5 Å². The summed E-state index contributed by atoms with van der Waals surface area (Å²) in [5.41, 5.74) is 13.4. The third kappa shape index (κ3) is 1.44. The molecule has 0 aromatic heterocycles. The average molecular weight is 224 g/mol. The van der Waals surface area contributed by atoms with Gasteiger partial charge in [-0.05, 0) is 34.5 Å². The Hall–Kier alpha value is -2.13. The average Bonchev–Trinajstić information content (AvgIpc) is 2.34. The highest BCUT2D eigenvalue weighted by atomic mass is 16.1. The summed E-state index contributed by atoms with van der Waals surface area (Å²) in [5, 5.41) is 2.14. The van der Waals surface area contributed by atoms with E-state index in [1.54, 1.807) is 6.08 Å². The molecule has 1 atom stereocenters. The second-order valence-electron chi connectivity index (χ2n) is 4.27. The molecule has 3 rings (SSSR count). The number of hydrogen-bond donors (Lipinski definition) is 2. The summed E-state index contributed by atoms with van der Waals surface area (Å²) in [4.78, 5) is 12.0. The molecule has 2 aromatic carbocycles. The summed E-state index contributed by atoms with van der Waals surface area (Å²) < 4.78 is 0. The van der Waals surface area contributed by atoms with Crippen LogP contribution in [0, 0.1) is 0 Å². The summed E-state index contributed by atoms with van der Waals surface area (Å²) >= 11 is 0. The number of benzene rings is 2. The fraction of sp³-hybridized carbons (Fsp3) is 0.0714. The lowest BCUT2D eigenvalue weighted by atomic mass is 9.89. The molecule has 0 bridgehead atoms. The van der Waals surface area contributed by atoms with Crippen molar-refractivity contribution in [1.82, 2.24) is 0 Å². The van der Waals surface area contributed by atoms with Crippen LogP contribution in [-0.4, -0.2) is 11.8 Å². The van der Waals surface area contributed by atoms with Gasteiger partial charge in [0.2, 0.25) is 0 Å². The maximum Gasteiger partial charge on any atom is 0.186 e. The summed E-state index contributed by atoms with van der Waals surface area (Å²) in [6.07, 6.45) is 1.79. The predicted molar refractivity (Wildman–Crippen MR) is 68.4 cm³/mol. The van der Waals surface area contributed by atoms with Crippen LogP contribution in [0.15, 0.2) is 42.1 Å². The zero-order chi connectivity index (χ0) is 12.0. The van der Waals surface area contributed by atoms with Gasteiger partial charge in [0, 0.05) is 11.3 Å². The molecule has 17 heavy (non-hydrogen) atoms. The van der Waals surface area contributed by atoms with Gasteiger partial charge in [-0.1, -0.05) is 24.3 Å². The number of Topliss-reactive ketones (excluding diaryl/α,β-unsaturated/α-hetero) is 1. The number of carbonyl (C=O) groups excluding carboxylic acids is 1. The normalized spacial score (nSPS) is 19.0. The van der Waals surface area contributed by atoms with Gasteiger partial charge in [-0.2, -0.15) is 0 Å². The first-order valence-electron chi connectivity index (χ1n) is 5.46. The molecule has 1 aliphatic rings. The van der Waals surface area contributed by atoms with Crippen LogP contribution in [-0.2, 0) is 0 Å². The number of fused-ring (bicyclic) bond motifs is 2. The maximum atomic E-state index is 12.0. The summed E-state index contributed by atoms with van der Waals surface area (Å²) in [6.45, 7) is 0. The van der Waals surface area contributed by atoms with Crippen LogP contribution in [0.1, 0.15) is 15.9 Å². The molecule has 0 aliphatic heterocycles. The minimum absolute atomic E-state index is 0.106. The lowest BCUT2D eigenvalue weighted by Crippen LogP contribution is -2.38. The Morgan fingerprint density at radius 3 is 2.41 bits per heavy atom. The maximum absolute atomic E-state index is 12.0. The molecular weight excluding hydrogens is 212 g/mol. The number of ketones is 1. The second-order valence-corrected chi connectivity index (χ2v) is 4.27. The van der Waals surface area contributed by atoms with E-state index in [-0.39, 0.29) is 5.78 Å². The Labute approximate surface area is 98.7 Å². The van der Waals surface area contributed by atoms with Crippen molar-refractivity contribution in [1.29, 1.82) is 0 Å². The van der Waals surface area contributed by atoms with Crippen molar-refractivity contribution in [2.24, 2.45) is 11.5 Å². The molecule has 0 fully saturated rings. The molecule has 0 saturated carbocycles. The molecule has 3 heteroatoms. The number of rotatable bonds is 0. The van der Waals surface area contributed by atoms with E-state index in [2.05, 4.69) is 0 Å². The van der Waals surface area contributed by atoms with E-state index in [1.165, 1.54) is 0 Å². The van der Waals surface area contributed by atoms with Crippen molar-refractivity contribution < 1.29 is 4.79 Å². The molecule has 84 valence electrons. The lowest BCUT2D eigenvalue weighted by molar-refractivity contribution is 0.0972.